The Morgan fingerprint density at radius 3 is 2.57 bits per heavy atom. The standard InChI is InChI=1S/C16H21F3N2O2/c17-16(18,19)23-13-8-6-12(7-9-13)4-3-11-21-10-2-1-5-14(21)15(20)22/h6-9,14H,1-5,10-11H2,(H2,20,22). The van der Waals surface area contributed by atoms with Crippen molar-refractivity contribution in [3.8, 4) is 5.75 Å². The Kier molecular flexibility index (Phi) is 5.87. The predicted molar refractivity (Wildman–Crippen MR) is 79.9 cm³/mol. The van der Waals surface area contributed by atoms with Crippen LogP contribution >= 0.6 is 0 Å². The van der Waals surface area contributed by atoms with E-state index in [0.717, 1.165) is 50.8 Å². The number of carbonyl (C=O) groups excluding carboxylic acids is 1. The Morgan fingerprint density at radius 1 is 1.26 bits per heavy atom. The lowest BCUT2D eigenvalue weighted by molar-refractivity contribution is -0.274. The number of amides is 1. The number of benzene rings is 1. The van der Waals surface area contributed by atoms with Gasteiger partial charge in [-0.15, -0.1) is 13.2 Å². The van der Waals surface area contributed by atoms with E-state index in [1.807, 2.05) is 0 Å². The summed E-state index contributed by atoms with van der Waals surface area (Å²) in [5.74, 6) is -0.496. The quantitative estimate of drug-likeness (QED) is 0.872. The Balaban J connectivity index is 1.80. The van der Waals surface area contributed by atoms with E-state index in [4.69, 9.17) is 5.73 Å². The van der Waals surface area contributed by atoms with E-state index in [0.29, 0.717) is 0 Å². The fraction of sp³-hybridized carbons (Fsp3) is 0.562. The van der Waals surface area contributed by atoms with Crippen molar-refractivity contribution in [1.29, 1.82) is 0 Å². The molecule has 2 N–H and O–H groups in total. The first-order chi connectivity index (χ1) is 10.8. The predicted octanol–water partition coefficient (Wildman–Crippen LogP) is 2.86. The topological polar surface area (TPSA) is 55.6 Å². The molecule has 4 nitrogen and oxygen atoms in total. The Morgan fingerprint density at radius 2 is 1.96 bits per heavy atom. The number of likely N-dealkylation sites (tertiary alicyclic amines) is 1. The van der Waals surface area contributed by atoms with Gasteiger partial charge in [0.15, 0.2) is 0 Å². The van der Waals surface area contributed by atoms with Crippen LogP contribution in [0.25, 0.3) is 0 Å². The Bertz CT molecular complexity index is 517. The van der Waals surface area contributed by atoms with Gasteiger partial charge in [0.05, 0.1) is 6.04 Å². The van der Waals surface area contributed by atoms with Crippen LogP contribution < -0.4 is 10.5 Å². The molecule has 7 heteroatoms. The van der Waals surface area contributed by atoms with Crippen molar-refractivity contribution in [3.63, 3.8) is 0 Å². The van der Waals surface area contributed by atoms with Crippen molar-refractivity contribution in [2.45, 2.75) is 44.5 Å². The number of hydrogen-bond donors (Lipinski definition) is 1. The smallest absolute Gasteiger partial charge is 0.406 e. The highest BCUT2D eigenvalue weighted by atomic mass is 19.4. The van der Waals surface area contributed by atoms with Crippen LogP contribution in [0.15, 0.2) is 24.3 Å². The van der Waals surface area contributed by atoms with Crippen molar-refractivity contribution in [3.05, 3.63) is 29.8 Å². The molecule has 0 radical (unpaired) electrons. The van der Waals surface area contributed by atoms with Crippen molar-refractivity contribution < 1.29 is 22.7 Å². The van der Waals surface area contributed by atoms with Gasteiger partial charge in [-0.1, -0.05) is 18.6 Å². The lowest BCUT2D eigenvalue weighted by Crippen LogP contribution is -2.48. The third kappa shape index (κ3) is 5.74. The molecule has 2 rings (SSSR count). The van der Waals surface area contributed by atoms with Gasteiger partial charge in [0.1, 0.15) is 5.75 Å². The van der Waals surface area contributed by atoms with Gasteiger partial charge in [-0.05, 0) is 56.5 Å². The number of carbonyl (C=O) groups is 1. The molecule has 0 bridgehead atoms. The van der Waals surface area contributed by atoms with Gasteiger partial charge in [0.25, 0.3) is 0 Å². The molecular formula is C16H21F3N2O2. The molecule has 128 valence electrons. The maximum Gasteiger partial charge on any atom is 0.573 e. The molecule has 0 spiro atoms. The third-order valence-electron chi connectivity index (χ3n) is 4.01. The summed E-state index contributed by atoms with van der Waals surface area (Å²) in [6, 6.07) is 5.70. The molecule has 1 aromatic rings. The van der Waals surface area contributed by atoms with Gasteiger partial charge in [0.2, 0.25) is 5.91 Å². The number of aryl methyl sites for hydroxylation is 1. The lowest BCUT2D eigenvalue weighted by Gasteiger charge is -2.33. The normalized spacial score (nSPS) is 19.5. The summed E-state index contributed by atoms with van der Waals surface area (Å²) < 4.78 is 40.1. The average molecular weight is 330 g/mol. The molecule has 1 atom stereocenters. The highest BCUT2D eigenvalue weighted by Gasteiger charge is 2.31. The van der Waals surface area contributed by atoms with Crippen LogP contribution in [0.1, 0.15) is 31.2 Å². The first kappa shape index (κ1) is 17.6. The van der Waals surface area contributed by atoms with Crippen LogP contribution in [0.3, 0.4) is 0 Å². The van der Waals surface area contributed by atoms with E-state index in [9.17, 15) is 18.0 Å². The summed E-state index contributed by atoms with van der Waals surface area (Å²) >= 11 is 0. The average Bonchev–Trinajstić information content (AvgIpc) is 2.48. The van der Waals surface area contributed by atoms with Gasteiger partial charge in [-0.2, -0.15) is 0 Å². The number of primary amides is 1. The van der Waals surface area contributed by atoms with Gasteiger partial charge >= 0.3 is 6.36 Å². The number of hydrogen-bond acceptors (Lipinski definition) is 3. The van der Waals surface area contributed by atoms with Crippen molar-refractivity contribution >= 4 is 5.91 Å². The maximum absolute atomic E-state index is 12.1. The second-order valence-corrected chi connectivity index (χ2v) is 5.75. The number of piperidine rings is 1. The zero-order valence-corrected chi connectivity index (χ0v) is 12.8. The van der Waals surface area contributed by atoms with Gasteiger partial charge in [0, 0.05) is 0 Å². The summed E-state index contributed by atoms with van der Waals surface area (Å²) in [6.07, 6.45) is -0.228. The second-order valence-electron chi connectivity index (χ2n) is 5.75. The molecule has 1 aromatic carbocycles. The summed E-state index contributed by atoms with van der Waals surface area (Å²) in [5.41, 5.74) is 6.36. The molecule has 0 aromatic heterocycles. The van der Waals surface area contributed by atoms with E-state index in [1.54, 1.807) is 12.1 Å². The van der Waals surface area contributed by atoms with E-state index < -0.39 is 6.36 Å². The Hall–Kier alpha value is -1.76. The number of ether oxygens (including phenoxy) is 1. The molecule has 0 aliphatic carbocycles. The van der Waals surface area contributed by atoms with Gasteiger partial charge in [-0.25, -0.2) is 0 Å². The summed E-state index contributed by atoms with van der Waals surface area (Å²) in [7, 11) is 0. The molecule has 23 heavy (non-hydrogen) atoms. The van der Waals surface area contributed by atoms with Crippen molar-refractivity contribution in [2.24, 2.45) is 5.73 Å². The van der Waals surface area contributed by atoms with Crippen LogP contribution in [-0.2, 0) is 11.2 Å². The summed E-state index contributed by atoms with van der Waals surface area (Å²) in [6.45, 7) is 1.63. The molecule has 1 aliphatic rings. The molecule has 1 amide bonds. The Labute approximate surface area is 133 Å². The molecule has 1 saturated heterocycles. The summed E-state index contributed by atoms with van der Waals surface area (Å²) in [5, 5.41) is 0. The first-order valence-electron chi connectivity index (χ1n) is 7.73. The van der Waals surface area contributed by atoms with Crippen LogP contribution in [0.5, 0.6) is 5.75 Å². The number of nitrogens with two attached hydrogens (primary N) is 1. The number of nitrogens with zero attached hydrogens (tertiary/aromatic N) is 1. The third-order valence-corrected chi connectivity index (χ3v) is 4.01. The number of rotatable bonds is 6. The number of alkyl halides is 3. The van der Waals surface area contributed by atoms with Crippen molar-refractivity contribution in [1.82, 2.24) is 4.90 Å². The fourth-order valence-electron chi connectivity index (χ4n) is 2.92. The summed E-state index contributed by atoms with van der Waals surface area (Å²) in [4.78, 5) is 13.5. The van der Waals surface area contributed by atoms with Crippen LogP contribution in [0.4, 0.5) is 13.2 Å². The SMILES string of the molecule is NC(=O)C1CCCCN1CCCc1ccc(OC(F)(F)F)cc1. The fourth-order valence-corrected chi connectivity index (χ4v) is 2.92. The van der Waals surface area contributed by atoms with E-state index in [2.05, 4.69) is 9.64 Å². The van der Waals surface area contributed by atoms with E-state index >= 15 is 0 Å². The number of halogens is 3. The van der Waals surface area contributed by atoms with Crippen LogP contribution in [0, 0.1) is 0 Å². The lowest BCUT2D eigenvalue weighted by atomic mass is 10.0. The molecule has 0 saturated carbocycles. The van der Waals surface area contributed by atoms with E-state index in [-0.39, 0.29) is 17.7 Å². The minimum absolute atomic E-state index is 0.189. The monoisotopic (exact) mass is 330 g/mol. The molecule has 1 fully saturated rings. The highest BCUT2D eigenvalue weighted by molar-refractivity contribution is 5.79. The molecule has 1 heterocycles. The zero-order valence-electron chi connectivity index (χ0n) is 12.8. The van der Waals surface area contributed by atoms with Crippen LogP contribution in [0.2, 0.25) is 0 Å². The van der Waals surface area contributed by atoms with Crippen LogP contribution in [-0.4, -0.2) is 36.3 Å². The zero-order chi connectivity index (χ0) is 16.9. The van der Waals surface area contributed by atoms with Gasteiger partial charge < -0.3 is 10.5 Å². The minimum Gasteiger partial charge on any atom is -0.406 e. The molecular weight excluding hydrogens is 309 g/mol. The molecule has 1 unspecified atom stereocenters. The highest BCUT2D eigenvalue weighted by Crippen LogP contribution is 2.23. The van der Waals surface area contributed by atoms with Crippen molar-refractivity contribution in [2.75, 3.05) is 13.1 Å². The molecule has 1 aliphatic heterocycles. The second kappa shape index (κ2) is 7.68. The first-order valence-corrected chi connectivity index (χ1v) is 7.73. The van der Waals surface area contributed by atoms with Gasteiger partial charge in [-0.3, -0.25) is 9.69 Å². The van der Waals surface area contributed by atoms with E-state index in [1.165, 1.54) is 12.1 Å². The largest absolute Gasteiger partial charge is 0.573 e. The minimum atomic E-state index is -4.67. The maximum atomic E-state index is 12.1.